The summed E-state index contributed by atoms with van der Waals surface area (Å²) in [7, 11) is 1.97. The Morgan fingerprint density at radius 3 is 2.64 bits per heavy atom. The second-order valence-corrected chi connectivity index (χ2v) is 7.34. The van der Waals surface area contributed by atoms with E-state index in [2.05, 4.69) is 11.8 Å². The quantitative estimate of drug-likeness (QED) is 0.745. The number of amides is 2. The molecule has 2 heterocycles. The number of fused-ring (bicyclic) bond motifs is 1. The van der Waals surface area contributed by atoms with E-state index in [1.165, 1.54) is 0 Å². The lowest BCUT2D eigenvalue weighted by molar-refractivity contribution is -0.131. The first-order valence-corrected chi connectivity index (χ1v) is 10.2. The Kier molecular flexibility index (Phi) is 6.78. The fraction of sp³-hybridized carbons (Fsp3) is 0.619. The van der Waals surface area contributed by atoms with Crippen LogP contribution in [0.25, 0.3) is 0 Å². The van der Waals surface area contributed by atoms with Gasteiger partial charge in [-0.05, 0) is 31.5 Å². The molecule has 1 aromatic carbocycles. The third-order valence-corrected chi connectivity index (χ3v) is 5.50. The maximum Gasteiger partial charge on any atom is 0.254 e. The first-order chi connectivity index (χ1) is 13.5. The van der Waals surface area contributed by atoms with Gasteiger partial charge in [0.25, 0.3) is 5.91 Å². The summed E-state index contributed by atoms with van der Waals surface area (Å²) in [5.74, 6) is 0.914. The number of nitrogens with zero attached hydrogens (tertiary/aromatic N) is 3. The van der Waals surface area contributed by atoms with Gasteiger partial charge in [-0.15, -0.1) is 0 Å². The summed E-state index contributed by atoms with van der Waals surface area (Å²) in [5, 5.41) is 0. The molecule has 0 saturated carbocycles. The fourth-order valence-corrected chi connectivity index (χ4v) is 3.75. The molecule has 0 unspecified atom stereocenters. The van der Waals surface area contributed by atoms with Crippen LogP contribution in [0.5, 0.6) is 5.75 Å². The molecule has 2 amide bonds. The predicted molar refractivity (Wildman–Crippen MR) is 108 cm³/mol. The number of anilines is 1. The van der Waals surface area contributed by atoms with Gasteiger partial charge in [0, 0.05) is 38.8 Å². The minimum Gasteiger partial charge on any atom is -0.489 e. The lowest BCUT2D eigenvalue weighted by Crippen LogP contribution is -2.45. The Labute approximate surface area is 167 Å². The SMILES string of the molecule is CCCN(CC)C(=O)C[C@H]1COc2ccc(C(=O)N3CCOCC3)cc2N1C. The summed E-state index contributed by atoms with van der Waals surface area (Å²) in [6.45, 7) is 8.44. The molecule has 1 fully saturated rings. The summed E-state index contributed by atoms with van der Waals surface area (Å²) in [6.07, 6.45) is 1.36. The van der Waals surface area contributed by atoms with Crippen LogP contribution in [0.4, 0.5) is 5.69 Å². The molecule has 0 aromatic heterocycles. The largest absolute Gasteiger partial charge is 0.489 e. The van der Waals surface area contributed by atoms with Gasteiger partial charge in [0.05, 0.1) is 31.4 Å². The highest BCUT2D eigenvalue weighted by molar-refractivity contribution is 5.96. The molecule has 7 nitrogen and oxygen atoms in total. The normalized spacial score (nSPS) is 19.0. The Morgan fingerprint density at radius 2 is 1.96 bits per heavy atom. The van der Waals surface area contributed by atoms with E-state index in [4.69, 9.17) is 9.47 Å². The molecule has 1 aromatic rings. The number of benzene rings is 1. The van der Waals surface area contributed by atoms with Crippen LogP contribution in [0.1, 0.15) is 37.0 Å². The van der Waals surface area contributed by atoms with E-state index in [0.29, 0.717) is 44.9 Å². The lowest BCUT2D eigenvalue weighted by Gasteiger charge is -2.37. The number of hydrogen-bond acceptors (Lipinski definition) is 5. The van der Waals surface area contributed by atoms with Crippen LogP contribution in [-0.2, 0) is 9.53 Å². The van der Waals surface area contributed by atoms with Crippen LogP contribution in [0.2, 0.25) is 0 Å². The zero-order valence-corrected chi connectivity index (χ0v) is 17.1. The van der Waals surface area contributed by atoms with Gasteiger partial charge in [-0.3, -0.25) is 9.59 Å². The highest BCUT2D eigenvalue weighted by atomic mass is 16.5. The van der Waals surface area contributed by atoms with Gasteiger partial charge in [0.15, 0.2) is 0 Å². The molecule has 3 rings (SSSR count). The summed E-state index contributed by atoms with van der Waals surface area (Å²) in [4.78, 5) is 31.2. The van der Waals surface area contributed by atoms with E-state index >= 15 is 0 Å². The van der Waals surface area contributed by atoms with Crippen LogP contribution in [-0.4, -0.2) is 80.7 Å². The Hall–Kier alpha value is -2.28. The molecule has 0 spiro atoms. The van der Waals surface area contributed by atoms with Gasteiger partial charge in [-0.2, -0.15) is 0 Å². The highest BCUT2D eigenvalue weighted by Crippen LogP contribution is 2.35. The van der Waals surface area contributed by atoms with Gasteiger partial charge in [0.2, 0.25) is 5.91 Å². The van der Waals surface area contributed by atoms with E-state index in [-0.39, 0.29) is 17.9 Å². The minimum atomic E-state index is -0.0420. The summed E-state index contributed by atoms with van der Waals surface area (Å²) < 4.78 is 11.2. The molecule has 7 heteroatoms. The smallest absolute Gasteiger partial charge is 0.254 e. The molecule has 28 heavy (non-hydrogen) atoms. The van der Waals surface area contributed by atoms with Crippen molar-refractivity contribution < 1.29 is 19.1 Å². The number of hydrogen-bond donors (Lipinski definition) is 0. The van der Waals surface area contributed by atoms with Crippen molar-refractivity contribution in [1.82, 2.24) is 9.80 Å². The van der Waals surface area contributed by atoms with Crippen molar-refractivity contribution in [2.75, 3.05) is 57.9 Å². The average molecular weight is 389 g/mol. The summed E-state index contributed by atoms with van der Waals surface area (Å²) in [6, 6.07) is 5.51. The fourth-order valence-electron chi connectivity index (χ4n) is 3.75. The Balaban J connectivity index is 1.72. The third kappa shape index (κ3) is 4.41. The standard InChI is InChI=1S/C21H31N3O4/c1-4-8-23(5-2)20(25)14-17-15-28-19-7-6-16(13-18(19)22(17)3)21(26)24-9-11-27-12-10-24/h6-7,13,17H,4-5,8-12,14-15H2,1-3H3/t17-/m0/s1. The van der Waals surface area contributed by atoms with Crippen LogP contribution >= 0.6 is 0 Å². The van der Waals surface area contributed by atoms with Crippen molar-refractivity contribution in [3.05, 3.63) is 23.8 Å². The molecule has 1 saturated heterocycles. The van der Waals surface area contributed by atoms with E-state index in [0.717, 1.165) is 30.9 Å². The zero-order chi connectivity index (χ0) is 20.1. The van der Waals surface area contributed by atoms with Crippen molar-refractivity contribution in [2.45, 2.75) is 32.7 Å². The van der Waals surface area contributed by atoms with E-state index in [9.17, 15) is 9.59 Å². The van der Waals surface area contributed by atoms with Crippen molar-refractivity contribution in [3.8, 4) is 5.75 Å². The first-order valence-electron chi connectivity index (χ1n) is 10.2. The second-order valence-electron chi connectivity index (χ2n) is 7.34. The molecule has 0 aliphatic carbocycles. The number of morpholine rings is 1. The van der Waals surface area contributed by atoms with Gasteiger partial charge in [-0.25, -0.2) is 0 Å². The van der Waals surface area contributed by atoms with Crippen molar-refractivity contribution in [2.24, 2.45) is 0 Å². The van der Waals surface area contributed by atoms with Crippen LogP contribution < -0.4 is 9.64 Å². The zero-order valence-electron chi connectivity index (χ0n) is 17.1. The molecule has 154 valence electrons. The first kappa shape index (κ1) is 20.5. The average Bonchev–Trinajstić information content (AvgIpc) is 2.73. The van der Waals surface area contributed by atoms with Crippen LogP contribution in [0, 0.1) is 0 Å². The van der Waals surface area contributed by atoms with Gasteiger partial charge >= 0.3 is 0 Å². The summed E-state index contributed by atoms with van der Waals surface area (Å²) in [5.41, 5.74) is 1.51. The predicted octanol–water partition coefficient (Wildman–Crippen LogP) is 2.00. The molecule has 0 radical (unpaired) electrons. The Morgan fingerprint density at radius 1 is 1.21 bits per heavy atom. The summed E-state index contributed by atoms with van der Waals surface area (Å²) >= 11 is 0. The van der Waals surface area contributed by atoms with E-state index < -0.39 is 0 Å². The second kappa shape index (κ2) is 9.28. The van der Waals surface area contributed by atoms with Crippen molar-refractivity contribution in [3.63, 3.8) is 0 Å². The molecular weight excluding hydrogens is 358 g/mol. The number of rotatable bonds is 6. The molecular formula is C21H31N3O4. The van der Waals surface area contributed by atoms with E-state index in [1.54, 1.807) is 0 Å². The Bertz CT molecular complexity index is 703. The maximum atomic E-state index is 12.8. The van der Waals surface area contributed by atoms with Crippen molar-refractivity contribution >= 4 is 17.5 Å². The van der Waals surface area contributed by atoms with E-state index in [1.807, 2.05) is 42.0 Å². The monoisotopic (exact) mass is 389 g/mol. The minimum absolute atomic E-state index is 0.0119. The van der Waals surface area contributed by atoms with Gasteiger partial charge in [-0.1, -0.05) is 6.92 Å². The maximum absolute atomic E-state index is 12.8. The number of likely N-dealkylation sites (N-methyl/N-ethyl adjacent to an activating group) is 1. The van der Waals surface area contributed by atoms with Gasteiger partial charge < -0.3 is 24.2 Å². The molecule has 1 atom stereocenters. The number of carbonyl (C=O) groups excluding carboxylic acids is 2. The third-order valence-electron chi connectivity index (χ3n) is 5.50. The van der Waals surface area contributed by atoms with Crippen LogP contribution in [0.3, 0.4) is 0 Å². The molecule has 0 bridgehead atoms. The van der Waals surface area contributed by atoms with Crippen molar-refractivity contribution in [1.29, 1.82) is 0 Å². The molecule has 2 aliphatic rings. The van der Waals surface area contributed by atoms with Crippen LogP contribution in [0.15, 0.2) is 18.2 Å². The number of ether oxygens (including phenoxy) is 2. The molecule has 0 N–H and O–H groups in total. The van der Waals surface area contributed by atoms with Gasteiger partial charge in [0.1, 0.15) is 12.4 Å². The lowest BCUT2D eigenvalue weighted by atomic mass is 10.1. The molecule has 2 aliphatic heterocycles. The number of carbonyl (C=O) groups is 2. The topological polar surface area (TPSA) is 62.3 Å². The highest BCUT2D eigenvalue weighted by Gasteiger charge is 2.29.